The van der Waals surface area contributed by atoms with Gasteiger partial charge in [0.25, 0.3) is 10.0 Å². The van der Waals surface area contributed by atoms with Crippen molar-refractivity contribution in [2.45, 2.75) is 17.7 Å². The first kappa shape index (κ1) is 18.0. The van der Waals surface area contributed by atoms with Crippen molar-refractivity contribution in [3.05, 3.63) is 46.2 Å². The molecule has 0 N–H and O–H groups in total. The molecule has 0 atom stereocenters. The second-order valence-electron chi connectivity index (χ2n) is 5.57. The summed E-state index contributed by atoms with van der Waals surface area (Å²) >= 11 is 3.28. The van der Waals surface area contributed by atoms with Gasteiger partial charge in [0.05, 0.1) is 19.9 Å². The lowest BCUT2D eigenvalue weighted by Crippen LogP contribution is -2.36. The fraction of sp³-hybridized carbons (Fsp3) is 0.294. The molecule has 0 unspecified atom stereocenters. The molecular weight excluding hydrogens is 413 g/mol. The standard InChI is InChI=1S/C17H17BrFNO4S/c1-23-14-9-12(18)16(10-15(14)24-2)25(21,22)20-8-4-6-11-5-3-7-13(19)17(11)20/h3,5,7,9-10H,4,6,8H2,1-2H3. The van der Waals surface area contributed by atoms with Crippen LogP contribution in [0.4, 0.5) is 10.1 Å². The maximum Gasteiger partial charge on any atom is 0.265 e. The summed E-state index contributed by atoms with van der Waals surface area (Å²) in [6, 6.07) is 7.53. The second-order valence-corrected chi connectivity index (χ2v) is 8.25. The Labute approximate surface area is 154 Å². The summed E-state index contributed by atoms with van der Waals surface area (Å²) in [5.74, 6) is 0.144. The summed E-state index contributed by atoms with van der Waals surface area (Å²) in [4.78, 5) is 0.00116. The van der Waals surface area contributed by atoms with Gasteiger partial charge in [-0.1, -0.05) is 12.1 Å². The second kappa shape index (κ2) is 6.84. The minimum absolute atomic E-state index is 0.00116. The summed E-state index contributed by atoms with van der Waals surface area (Å²) in [7, 11) is -1.08. The smallest absolute Gasteiger partial charge is 0.265 e. The molecule has 0 bridgehead atoms. The van der Waals surface area contributed by atoms with Crippen molar-refractivity contribution in [3.63, 3.8) is 0 Å². The molecule has 0 radical (unpaired) electrons. The Balaban J connectivity index is 2.17. The van der Waals surface area contributed by atoms with Crippen molar-refractivity contribution in [3.8, 4) is 11.5 Å². The zero-order valence-electron chi connectivity index (χ0n) is 13.8. The van der Waals surface area contributed by atoms with Gasteiger partial charge in [0.1, 0.15) is 10.7 Å². The van der Waals surface area contributed by atoms with E-state index in [1.807, 2.05) is 0 Å². The number of fused-ring (bicyclic) bond motifs is 1. The average molecular weight is 430 g/mol. The van der Waals surface area contributed by atoms with Gasteiger partial charge < -0.3 is 9.47 Å². The SMILES string of the molecule is COc1cc(Br)c(S(=O)(=O)N2CCCc3cccc(F)c32)cc1OC. The first-order chi connectivity index (χ1) is 11.9. The van der Waals surface area contributed by atoms with Gasteiger partial charge in [0.15, 0.2) is 11.5 Å². The third kappa shape index (κ3) is 3.08. The molecule has 1 aliphatic rings. The minimum Gasteiger partial charge on any atom is -0.493 e. The molecule has 1 aliphatic heterocycles. The maximum absolute atomic E-state index is 14.4. The van der Waals surface area contributed by atoms with Crippen LogP contribution < -0.4 is 13.8 Å². The highest BCUT2D eigenvalue weighted by Crippen LogP contribution is 2.40. The Morgan fingerprint density at radius 1 is 1.16 bits per heavy atom. The molecule has 8 heteroatoms. The number of nitrogens with zero attached hydrogens (tertiary/aromatic N) is 1. The van der Waals surface area contributed by atoms with Gasteiger partial charge in [-0.2, -0.15) is 0 Å². The predicted molar refractivity (Wildman–Crippen MR) is 96.5 cm³/mol. The zero-order valence-corrected chi connectivity index (χ0v) is 16.2. The molecule has 2 aromatic carbocycles. The molecule has 2 aromatic rings. The Morgan fingerprint density at radius 3 is 2.52 bits per heavy atom. The Hall–Kier alpha value is -1.80. The van der Waals surface area contributed by atoms with Crippen LogP contribution in [-0.2, 0) is 16.4 Å². The number of halogens is 2. The van der Waals surface area contributed by atoms with E-state index in [1.54, 1.807) is 12.1 Å². The van der Waals surface area contributed by atoms with E-state index in [-0.39, 0.29) is 22.9 Å². The molecule has 25 heavy (non-hydrogen) atoms. The van der Waals surface area contributed by atoms with E-state index in [9.17, 15) is 12.8 Å². The number of rotatable bonds is 4. The molecule has 0 fully saturated rings. The number of anilines is 1. The van der Waals surface area contributed by atoms with Gasteiger partial charge in [0.2, 0.25) is 0 Å². The Kier molecular flexibility index (Phi) is 4.92. The normalized spacial score (nSPS) is 14.2. The molecule has 134 valence electrons. The van der Waals surface area contributed by atoms with Crippen LogP contribution in [0.2, 0.25) is 0 Å². The lowest BCUT2D eigenvalue weighted by atomic mass is 10.0. The monoisotopic (exact) mass is 429 g/mol. The highest BCUT2D eigenvalue weighted by molar-refractivity contribution is 9.10. The first-order valence-corrected chi connectivity index (χ1v) is 9.85. The summed E-state index contributed by atoms with van der Waals surface area (Å²) in [5.41, 5.74) is 0.807. The zero-order chi connectivity index (χ0) is 18.2. The average Bonchev–Trinajstić information content (AvgIpc) is 2.61. The van der Waals surface area contributed by atoms with Crippen molar-refractivity contribution in [2.75, 3.05) is 25.1 Å². The van der Waals surface area contributed by atoms with Crippen molar-refractivity contribution in [1.82, 2.24) is 0 Å². The van der Waals surface area contributed by atoms with Crippen molar-refractivity contribution in [2.24, 2.45) is 0 Å². The van der Waals surface area contributed by atoms with E-state index in [4.69, 9.17) is 9.47 Å². The highest BCUT2D eigenvalue weighted by Gasteiger charge is 2.33. The fourth-order valence-electron chi connectivity index (χ4n) is 2.96. The van der Waals surface area contributed by atoms with Crippen LogP contribution in [0.25, 0.3) is 0 Å². The van der Waals surface area contributed by atoms with E-state index < -0.39 is 15.8 Å². The van der Waals surface area contributed by atoms with Gasteiger partial charge in [0, 0.05) is 17.1 Å². The van der Waals surface area contributed by atoms with E-state index in [0.29, 0.717) is 28.6 Å². The first-order valence-electron chi connectivity index (χ1n) is 7.61. The minimum atomic E-state index is -3.98. The molecule has 0 saturated heterocycles. The van der Waals surface area contributed by atoms with Crippen molar-refractivity contribution < 1.29 is 22.3 Å². The molecule has 0 aliphatic carbocycles. The van der Waals surface area contributed by atoms with Gasteiger partial charge in [-0.25, -0.2) is 12.8 Å². The van der Waals surface area contributed by atoms with Gasteiger partial charge >= 0.3 is 0 Å². The van der Waals surface area contributed by atoms with E-state index in [1.165, 1.54) is 32.4 Å². The van der Waals surface area contributed by atoms with E-state index in [0.717, 1.165) is 4.31 Å². The third-order valence-corrected chi connectivity index (χ3v) is 6.89. The molecular formula is C17H17BrFNO4S. The van der Waals surface area contributed by atoms with Gasteiger partial charge in [-0.15, -0.1) is 0 Å². The van der Waals surface area contributed by atoms with E-state index >= 15 is 0 Å². The predicted octanol–water partition coefficient (Wildman–Crippen LogP) is 3.75. The number of methoxy groups -OCH3 is 2. The van der Waals surface area contributed by atoms with Crippen LogP contribution in [0.3, 0.4) is 0 Å². The molecule has 1 heterocycles. The van der Waals surface area contributed by atoms with Crippen molar-refractivity contribution in [1.29, 1.82) is 0 Å². The van der Waals surface area contributed by atoms with Crippen LogP contribution >= 0.6 is 15.9 Å². The summed E-state index contributed by atoms with van der Waals surface area (Å²) in [5, 5.41) is 0. The van der Waals surface area contributed by atoms with Crippen LogP contribution in [0.15, 0.2) is 39.7 Å². The molecule has 0 aromatic heterocycles. The van der Waals surface area contributed by atoms with Crippen LogP contribution in [0, 0.1) is 5.82 Å². The Morgan fingerprint density at radius 2 is 1.84 bits per heavy atom. The summed E-state index contributed by atoms with van der Waals surface area (Å²) in [6.07, 6.45) is 1.27. The number of benzene rings is 2. The Bertz CT molecular complexity index is 917. The van der Waals surface area contributed by atoms with Crippen molar-refractivity contribution >= 4 is 31.6 Å². The summed E-state index contributed by atoms with van der Waals surface area (Å²) in [6.45, 7) is 0.219. The lowest BCUT2D eigenvalue weighted by Gasteiger charge is -2.31. The molecule has 0 saturated carbocycles. The highest BCUT2D eigenvalue weighted by atomic mass is 79.9. The lowest BCUT2D eigenvalue weighted by molar-refractivity contribution is 0.353. The largest absolute Gasteiger partial charge is 0.493 e. The number of para-hydroxylation sites is 1. The number of sulfonamides is 1. The molecule has 0 spiro atoms. The van der Waals surface area contributed by atoms with Crippen LogP contribution in [-0.4, -0.2) is 29.2 Å². The fourth-order valence-corrected chi connectivity index (χ4v) is 5.51. The van der Waals surface area contributed by atoms with Crippen LogP contribution in [0.1, 0.15) is 12.0 Å². The number of hydrogen-bond acceptors (Lipinski definition) is 4. The summed E-state index contributed by atoms with van der Waals surface area (Å²) < 4.78 is 52.7. The molecule has 3 rings (SSSR count). The quantitative estimate of drug-likeness (QED) is 0.742. The maximum atomic E-state index is 14.4. The molecule has 5 nitrogen and oxygen atoms in total. The topological polar surface area (TPSA) is 55.8 Å². The van der Waals surface area contributed by atoms with Gasteiger partial charge in [-0.05, 0) is 46.5 Å². The van der Waals surface area contributed by atoms with E-state index in [2.05, 4.69) is 15.9 Å². The number of ether oxygens (including phenoxy) is 2. The number of aryl methyl sites for hydroxylation is 1. The van der Waals surface area contributed by atoms with Crippen LogP contribution in [0.5, 0.6) is 11.5 Å². The third-order valence-electron chi connectivity index (χ3n) is 4.13. The van der Waals surface area contributed by atoms with Gasteiger partial charge in [-0.3, -0.25) is 4.31 Å². The molecule has 0 amide bonds. The number of hydrogen-bond donors (Lipinski definition) is 0.